The second-order valence-electron chi connectivity index (χ2n) is 5.67. The Kier molecular flexibility index (Phi) is 5.33. The van der Waals surface area contributed by atoms with Gasteiger partial charge in [-0.05, 0) is 42.8 Å². The number of nitrogens with one attached hydrogen (secondary N) is 2. The zero-order valence-corrected chi connectivity index (χ0v) is 14.1. The number of aryl methyl sites for hydroxylation is 1. The number of aromatic amines is 1. The molecule has 2 aromatic carbocycles. The van der Waals surface area contributed by atoms with Crippen LogP contribution in [-0.2, 0) is 13.0 Å². The normalized spacial score (nSPS) is 10.9. The smallest absolute Gasteiger partial charge is 0.161 e. The van der Waals surface area contributed by atoms with E-state index in [9.17, 15) is 0 Å². The van der Waals surface area contributed by atoms with Gasteiger partial charge in [-0.25, -0.2) is 4.98 Å². The molecule has 0 unspecified atom stereocenters. The van der Waals surface area contributed by atoms with Crippen LogP contribution in [0.4, 0.5) is 0 Å². The van der Waals surface area contributed by atoms with Gasteiger partial charge in [0.25, 0.3) is 0 Å². The van der Waals surface area contributed by atoms with E-state index in [0.29, 0.717) is 0 Å². The third kappa shape index (κ3) is 3.86. The summed E-state index contributed by atoms with van der Waals surface area (Å²) in [5.41, 5.74) is 3.31. The van der Waals surface area contributed by atoms with Crippen LogP contribution in [0.1, 0.15) is 17.8 Å². The van der Waals surface area contributed by atoms with Crippen molar-refractivity contribution in [1.82, 2.24) is 15.3 Å². The number of hydrogen-bond acceptors (Lipinski definition) is 4. The molecule has 1 aromatic heterocycles. The van der Waals surface area contributed by atoms with Crippen LogP contribution in [-0.4, -0.2) is 30.7 Å². The first kappa shape index (κ1) is 16.3. The summed E-state index contributed by atoms with van der Waals surface area (Å²) in [5, 5.41) is 3.46. The van der Waals surface area contributed by atoms with Gasteiger partial charge in [0.1, 0.15) is 5.82 Å². The average molecular weight is 325 g/mol. The maximum Gasteiger partial charge on any atom is 0.161 e. The van der Waals surface area contributed by atoms with Gasteiger partial charge in [-0.2, -0.15) is 0 Å². The molecular weight excluding hydrogens is 302 g/mol. The molecule has 0 saturated carbocycles. The van der Waals surface area contributed by atoms with Gasteiger partial charge >= 0.3 is 0 Å². The van der Waals surface area contributed by atoms with Crippen molar-refractivity contribution in [2.45, 2.75) is 19.4 Å². The molecule has 0 aliphatic heterocycles. The summed E-state index contributed by atoms with van der Waals surface area (Å²) in [6.07, 6.45) is 1.97. The van der Waals surface area contributed by atoms with Crippen LogP contribution in [0.15, 0.2) is 42.5 Å². The molecule has 0 amide bonds. The van der Waals surface area contributed by atoms with Crippen molar-refractivity contribution in [3.05, 3.63) is 53.9 Å². The first-order chi connectivity index (χ1) is 11.8. The number of para-hydroxylation sites is 2. The minimum atomic E-state index is 0.756. The fourth-order valence-corrected chi connectivity index (χ4v) is 2.73. The van der Waals surface area contributed by atoms with Gasteiger partial charge in [0, 0.05) is 13.0 Å². The Hall–Kier alpha value is -2.53. The summed E-state index contributed by atoms with van der Waals surface area (Å²) in [7, 11) is 3.30. The van der Waals surface area contributed by atoms with E-state index in [1.54, 1.807) is 14.2 Å². The predicted molar refractivity (Wildman–Crippen MR) is 95.7 cm³/mol. The molecule has 126 valence electrons. The molecule has 0 aliphatic carbocycles. The van der Waals surface area contributed by atoms with Crippen LogP contribution in [0.3, 0.4) is 0 Å². The highest BCUT2D eigenvalue weighted by molar-refractivity contribution is 5.74. The fraction of sp³-hybridized carbons (Fsp3) is 0.316. The molecule has 0 spiro atoms. The lowest BCUT2D eigenvalue weighted by Crippen LogP contribution is -2.15. The summed E-state index contributed by atoms with van der Waals surface area (Å²) in [6, 6.07) is 14.1. The lowest BCUT2D eigenvalue weighted by molar-refractivity contribution is 0.354. The molecule has 0 atom stereocenters. The minimum Gasteiger partial charge on any atom is -0.493 e. The Morgan fingerprint density at radius 1 is 1.04 bits per heavy atom. The molecule has 0 fully saturated rings. The summed E-state index contributed by atoms with van der Waals surface area (Å²) in [5.74, 6) is 2.56. The van der Waals surface area contributed by atoms with Crippen LogP contribution in [0, 0.1) is 0 Å². The van der Waals surface area contributed by atoms with E-state index >= 15 is 0 Å². The van der Waals surface area contributed by atoms with Crippen molar-refractivity contribution < 1.29 is 9.47 Å². The number of fused-ring (bicyclic) bond motifs is 1. The van der Waals surface area contributed by atoms with Crippen LogP contribution in [0.5, 0.6) is 11.5 Å². The molecule has 3 aromatic rings. The molecule has 5 nitrogen and oxygen atoms in total. The minimum absolute atomic E-state index is 0.756. The summed E-state index contributed by atoms with van der Waals surface area (Å²) in [6.45, 7) is 1.74. The zero-order valence-electron chi connectivity index (χ0n) is 14.1. The lowest BCUT2D eigenvalue weighted by atomic mass is 10.2. The van der Waals surface area contributed by atoms with E-state index < -0.39 is 0 Å². The topological polar surface area (TPSA) is 59.2 Å². The van der Waals surface area contributed by atoms with Crippen LogP contribution >= 0.6 is 0 Å². The number of rotatable bonds is 8. The zero-order chi connectivity index (χ0) is 16.8. The molecule has 0 saturated heterocycles. The van der Waals surface area contributed by atoms with Gasteiger partial charge < -0.3 is 19.8 Å². The predicted octanol–water partition coefficient (Wildman–Crippen LogP) is 3.30. The van der Waals surface area contributed by atoms with Crippen molar-refractivity contribution in [2.24, 2.45) is 0 Å². The highest BCUT2D eigenvalue weighted by Crippen LogP contribution is 2.27. The Morgan fingerprint density at radius 2 is 1.88 bits per heavy atom. The van der Waals surface area contributed by atoms with Gasteiger partial charge in [-0.3, -0.25) is 0 Å². The lowest BCUT2D eigenvalue weighted by Gasteiger charge is -2.10. The molecule has 0 radical (unpaired) electrons. The first-order valence-corrected chi connectivity index (χ1v) is 8.15. The van der Waals surface area contributed by atoms with Gasteiger partial charge in [0.05, 0.1) is 25.3 Å². The number of hydrogen-bond donors (Lipinski definition) is 2. The number of imidazole rings is 1. The fourth-order valence-electron chi connectivity index (χ4n) is 2.73. The second kappa shape index (κ2) is 7.84. The number of nitrogens with zero attached hydrogens (tertiary/aromatic N) is 1. The second-order valence-corrected chi connectivity index (χ2v) is 5.67. The third-order valence-corrected chi connectivity index (χ3v) is 3.98. The first-order valence-electron chi connectivity index (χ1n) is 8.15. The Bertz CT molecular complexity index is 765. The number of methoxy groups -OCH3 is 2. The Labute approximate surface area is 142 Å². The molecule has 0 aliphatic rings. The highest BCUT2D eigenvalue weighted by Gasteiger charge is 2.05. The number of H-pyrrole nitrogens is 1. The summed E-state index contributed by atoms with van der Waals surface area (Å²) >= 11 is 0. The van der Waals surface area contributed by atoms with E-state index in [4.69, 9.17) is 9.47 Å². The average Bonchev–Trinajstić information content (AvgIpc) is 3.04. The molecule has 1 heterocycles. The van der Waals surface area contributed by atoms with Gasteiger partial charge in [-0.15, -0.1) is 0 Å². The standard InChI is InChI=1S/C19H23N3O2/c1-23-17-10-9-14(12-18(17)24-2)13-20-11-5-8-19-21-15-6-3-4-7-16(15)22-19/h3-4,6-7,9-10,12,20H,5,8,11,13H2,1-2H3,(H,21,22). The molecular formula is C19H23N3O2. The molecule has 2 N–H and O–H groups in total. The number of benzene rings is 2. The van der Waals surface area contributed by atoms with Gasteiger partial charge in [0.15, 0.2) is 11.5 Å². The number of ether oxygens (including phenoxy) is 2. The van der Waals surface area contributed by atoms with Crippen LogP contribution < -0.4 is 14.8 Å². The van der Waals surface area contributed by atoms with Crippen LogP contribution in [0.2, 0.25) is 0 Å². The SMILES string of the molecule is COc1ccc(CNCCCc2nc3ccccc3[nH]2)cc1OC. The quantitative estimate of drug-likeness (QED) is 0.624. The third-order valence-electron chi connectivity index (χ3n) is 3.98. The van der Waals surface area contributed by atoms with E-state index in [0.717, 1.165) is 54.3 Å². The molecule has 3 rings (SSSR count). The Morgan fingerprint density at radius 3 is 2.67 bits per heavy atom. The van der Waals surface area contributed by atoms with Crippen molar-refractivity contribution in [1.29, 1.82) is 0 Å². The monoisotopic (exact) mass is 325 g/mol. The van der Waals surface area contributed by atoms with Crippen molar-refractivity contribution in [3.63, 3.8) is 0 Å². The van der Waals surface area contributed by atoms with Crippen molar-refractivity contribution >= 4 is 11.0 Å². The maximum absolute atomic E-state index is 5.33. The van der Waals surface area contributed by atoms with Crippen molar-refractivity contribution in [2.75, 3.05) is 20.8 Å². The largest absolute Gasteiger partial charge is 0.493 e. The van der Waals surface area contributed by atoms with E-state index in [-0.39, 0.29) is 0 Å². The summed E-state index contributed by atoms with van der Waals surface area (Å²) < 4.78 is 10.6. The molecule has 0 bridgehead atoms. The van der Waals surface area contributed by atoms with E-state index in [2.05, 4.69) is 21.4 Å². The van der Waals surface area contributed by atoms with Crippen molar-refractivity contribution in [3.8, 4) is 11.5 Å². The molecule has 5 heteroatoms. The Balaban J connectivity index is 1.45. The van der Waals surface area contributed by atoms with Gasteiger partial charge in [-0.1, -0.05) is 18.2 Å². The van der Waals surface area contributed by atoms with Crippen LogP contribution in [0.25, 0.3) is 11.0 Å². The van der Waals surface area contributed by atoms with Gasteiger partial charge in [0.2, 0.25) is 0 Å². The summed E-state index contributed by atoms with van der Waals surface area (Å²) in [4.78, 5) is 7.96. The number of aromatic nitrogens is 2. The maximum atomic E-state index is 5.33. The molecule has 24 heavy (non-hydrogen) atoms. The van der Waals surface area contributed by atoms with E-state index in [1.807, 2.05) is 36.4 Å². The highest BCUT2D eigenvalue weighted by atomic mass is 16.5. The van der Waals surface area contributed by atoms with E-state index in [1.165, 1.54) is 5.56 Å².